The third-order valence-electron chi connectivity index (χ3n) is 2.62. The first-order chi connectivity index (χ1) is 9.65. The molecule has 0 fully saturated rings. The van der Waals surface area contributed by atoms with Gasteiger partial charge in [-0.2, -0.15) is 0 Å². The Kier molecular flexibility index (Phi) is 6.89. The van der Waals surface area contributed by atoms with Crippen molar-refractivity contribution in [2.75, 3.05) is 25.5 Å². The summed E-state index contributed by atoms with van der Waals surface area (Å²) in [5.74, 6) is 0.705. The molecular weight excluding hydrogens is 252 g/mol. The van der Waals surface area contributed by atoms with E-state index in [1.807, 2.05) is 24.3 Å². The summed E-state index contributed by atoms with van der Waals surface area (Å²) in [5.41, 5.74) is 2.02. The number of carbonyl (C=O) groups is 1. The molecule has 0 aliphatic rings. The smallest absolute Gasteiger partial charge is 0.221 e. The van der Waals surface area contributed by atoms with Crippen LogP contribution in [0.5, 0.6) is 0 Å². The number of nitrogens with one attached hydrogen (secondary N) is 3. The quantitative estimate of drug-likeness (QED) is 0.419. The predicted octanol–water partition coefficient (Wildman–Crippen LogP) is 1.54. The van der Waals surface area contributed by atoms with E-state index in [4.69, 9.17) is 0 Å². The number of anilines is 1. The number of hydrogen-bond acceptors (Lipinski definition) is 2. The molecule has 0 heterocycles. The Morgan fingerprint density at radius 3 is 2.55 bits per heavy atom. The van der Waals surface area contributed by atoms with Crippen LogP contribution >= 0.6 is 0 Å². The van der Waals surface area contributed by atoms with Crippen LogP contribution in [0, 0.1) is 0 Å². The normalized spacial score (nSPS) is 10.8. The van der Waals surface area contributed by atoms with Crippen LogP contribution in [-0.2, 0) is 11.2 Å². The topological polar surface area (TPSA) is 65.5 Å². The van der Waals surface area contributed by atoms with Gasteiger partial charge in [0.2, 0.25) is 5.91 Å². The van der Waals surface area contributed by atoms with Crippen molar-refractivity contribution < 1.29 is 4.79 Å². The highest BCUT2D eigenvalue weighted by Gasteiger charge is 1.98. The molecule has 1 amide bonds. The zero-order chi connectivity index (χ0) is 14.8. The van der Waals surface area contributed by atoms with Gasteiger partial charge in [-0.15, -0.1) is 6.58 Å². The van der Waals surface area contributed by atoms with Crippen LogP contribution in [0.3, 0.4) is 0 Å². The highest BCUT2D eigenvalue weighted by Crippen LogP contribution is 2.09. The summed E-state index contributed by atoms with van der Waals surface area (Å²) in [6, 6.07) is 7.82. The van der Waals surface area contributed by atoms with Crippen LogP contribution < -0.4 is 16.0 Å². The molecule has 1 rings (SSSR count). The van der Waals surface area contributed by atoms with E-state index >= 15 is 0 Å². The standard InChI is InChI=1S/C15H22N4O/c1-4-10-17-15(16-3)18-11-9-13-5-7-14(8-6-13)19-12(2)20/h4-8H,1,9-11H2,2-3H3,(H,19,20)(H2,16,17,18). The summed E-state index contributed by atoms with van der Waals surface area (Å²) in [5, 5.41) is 9.08. The highest BCUT2D eigenvalue weighted by molar-refractivity contribution is 5.88. The first-order valence-electron chi connectivity index (χ1n) is 6.57. The second kappa shape index (κ2) is 8.74. The molecule has 0 aliphatic heterocycles. The summed E-state index contributed by atoms with van der Waals surface area (Å²) in [4.78, 5) is 15.0. The largest absolute Gasteiger partial charge is 0.356 e. The molecule has 5 nitrogen and oxygen atoms in total. The van der Waals surface area contributed by atoms with Crippen molar-refractivity contribution in [2.24, 2.45) is 4.99 Å². The molecule has 1 aromatic rings. The van der Waals surface area contributed by atoms with Crippen molar-refractivity contribution in [3.8, 4) is 0 Å². The monoisotopic (exact) mass is 274 g/mol. The van der Waals surface area contributed by atoms with Gasteiger partial charge in [0, 0.05) is 32.7 Å². The van der Waals surface area contributed by atoms with Gasteiger partial charge in [-0.3, -0.25) is 9.79 Å². The number of rotatable bonds is 6. The average molecular weight is 274 g/mol. The van der Waals surface area contributed by atoms with Crippen molar-refractivity contribution in [3.05, 3.63) is 42.5 Å². The van der Waals surface area contributed by atoms with E-state index in [0.717, 1.165) is 24.6 Å². The van der Waals surface area contributed by atoms with Gasteiger partial charge < -0.3 is 16.0 Å². The van der Waals surface area contributed by atoms with Crippen molar-refractivity contribution in [3.63, 3.8) is 0 Å². The predicted molar refractivity (Wildman–Crippen MR) is 84.0 cm³/mol. The SMILES string of the molecule is C=CCNC(=NC)NCCc1ccc(NC(C)=O)cc1. The first-order valence-corrected chi connectivity index (χ1v) is 6.57. The van der Waals surface area contributed by atoms with Crippen molar-refractivity contribution in [1.82, 2.24) is 10.6 Å². The minimum absolute atomic E-state index is 0.0588. The van der Waals surface area contributed by atoms with Gasteiger partial charge in [0.15, 0.2) is 5.96 Å². The van der Waals surface area contributed by atoms with Crippen LogP contribution in [0.25, 0.3) is 0 Å². The fourth-order valence-corrected chi connectivity index (χ4v) is 1.67. The Balaban J connectivity index is 2.38. The Morgan fingerprint density at radius 1 is 1.30 bits per heavy atom. The van der Waals surface area contributed by atoms with E-state index in [1.165, 1.54) is 12.5 Å². The molecule has 108 valence electrons. The third-order valence-corrected chi connectivity index (χ3v) is 2.62. The summed E-state index contributed by atoms with van der Waals surface area (Å²) >= 11 is 0. The van der Waals surface area contributed by atoms with Crippen LogP contribution in [0.15, 0.2) is 41.9 Å². The minimum Gasteiger partial charge on any atom is -0.356 e. The van der Waals surface area contributed by atoms with Crippen molar-refractivity contribution in [2.45, 2.75) is 13.3 Å². The molecule has 1 aromatic carbocycles. The summed E-state index contributed by atoms with van der Waals surface area (Å²) in [6.07, 6.45) is 2.67. The van der Waals surface area contributed by atoms with Gasteiger partial charge >= 0.3 is 0 Å². The van der Waals surface area contributed by atoms with Gasteiger partial charge in [0.25, 0.3) is 0 Å². The summed E-state index contributed by atoms with van der Waals surface area (Å²) < 4.78 is 0. The number of benzene rings is 1. The highest BCUT2D eigenvalue weighted by atomic mass is 16.1. The number of hydrogen-bond donors (Lipinski definition) is 3. The van der Waals surface area contributed by atoms with Crippen LogP contribution in [0.4, 0.5) is 5.69 Å². The molecule has 0 spiro atoms. The molecule has 0 aromatic heterocycles. The Labute approximate surface area is 120 Å². The Bertz CT molecular complexity index is 465. The lowest BCUT2D eigenvalue weighted by Crippen LogP contribution is -2.38. The molecule has 0 unspecified atom stereocenters. The van der Waals surface area contributed by atoms with E-state index in [9.17, 15) is 4.79 Å². The number of carbonyl (C=O) groups excluding carboxylic acids is 1. The maximum atomic E-state index is 10.9. The molecular formula is C15H22N4O. The van der Waals surface area contributed by atoms with Crippen LogP contribution in [0.2, 0.25) is 0 Å². The van der Waals surface area contributed by atoms with Crippen molar-refractivity contribution >= 4 is 17.6 Å². The molecule has 3 N–H and O–H groups in total. The van der Waals surface area contributed by atoms with Gasteiger partial charge in [0.1, 0.15) is 0 Å². The zero-order valence-electron chi connectivity index (χ0n) is 12.1. The number of aliphatic imine (C=N–C) groups is 1. The fraction of sp³-hybridized carbons (Fsp3) is 0.333. The Morgan fingerprint density at radius 2 is 2.00 bits per heavy atom. The summed E-state index contributed by atoms with van der Waals surface area (Å²) in [7, 11) is 1.74. The van der Waals surface area contributed by atoms with Gasteiger partial charge in [-0.25, -0.2) is 0 Å². The Hall–Kier alpha value is -2.30. The maximum Gasteiger partial charge on any atom is 0.221 e. The van der Waals surface area contributed by atoms with Gasteiger partial charge in [-0.05, 0) is 24.1 Å². The lowest BCUT2D eigenvalue weighted by atomic mass is 10.1. The second-order valence-electron chi connectivity index (χ2n) is 4.30. The molecule has 20 heavy (non-hydrogen) atoms. The molecule has 0 bridgehead atoms. The molecule has 0 aliphatic carbocycles. The minimum atomic E-state index is -0.0588. The maximum absolute atomic E-state index is 10.9. The number of amides is 1. The van der Waals surface area contributed by atoms with E-state index in [0.29, 0.717) is 6.54 Å². The lowest BCUT2D eigenvalue weighted by Gasteiger charge is -2.10. The van der Waals surface area contributed by atoms with E-state index in [-0.39, 0.29) is 5.91 Å². The number of guanidine groups is 1. The second-order valence-corrected chi connectivity index (χ2v) is 4.30. The summed E-state index contributed by atoms with van der Waals surface area (Å²) in [6.45, 7) is 6.62. The van der Waals surface area contributed by atoms with Crippen LogP contribution in [0.1, 0.15) is 12.5 Å². The van der Waals surface area contributed by atoms with Gasteiger partial charge in [-0.1, -0.05) is 18.2 Å². The molecule has 0 radical (unpaired) electrons. The lowest BCUT2D eigenvalue weighted by molar-refractivity contribution is -0.114. The van der Waals surface area contributed by atoms with E-state index in [2.05, 4.69) is 27.5 Å². The zero-order valence-corrected chi connectivity index (χ0v) is 12.1. The number of nitrogens with zero attached hydrogens (tertiary/aromatic N) is 1. The molecule has 0 atom stereocenters. The molecule has 0 saturated carbocycles. The van der Waals surface area contributed by atoms with Crippen LogP contribution in [-0.4, -0.2) is 32.0 Å². The third kappa shape index (κ3) is 6.04. The van der Waals surface area contributed by atoms with Crippen molar-refractivity contribution in [1.29, 1.82) is 0 Å². The first kappa shape index (κ1) is 15.8. The fourth-order valence-electron chi connectivity index (χ4n) is 1.67. The molecule has 0 saturated heterocycles. The molecule has 5 heteroatoms. The van der Waals surface area contributed by atoms with E-state index < -0.39 is 0 Å². The van der Waals surface area contributed by atoms with Gasteiger partial charge in [0.05, 0.1) is 0 Å². The average Bonchev–Trinajstić information content (AvgIpc) is 2.44. The van der Waals surface area contributed by atoms with E-state index in [1.54, 1.807) is 13.1 Å².